The van der Waals surface area contributed by atoms with Gasteiger partial charge in [-0.25, -0.2) is 4.68 Å². The number of benzene rings is 1. The summed E-state index contributed by atoms with van der Waals surface area (Å²) in [4.78, 5) is 0. The zero-order valence-corrected chi connectivity index (χ0v) is 11.6. The van der Waals surface area contributed by atoms with E-state index in [9.17, 15) is 0 Å². The number of hydrogen-bond donors (Lipinski definition) is 0. The SMILES string of the molecule is CCC(c1ccc(C)cc1)n1cc(C(C)C)nn1. The van der Waals surface area contributed by atoms with Crippen LogP contribution in [-0.4, -0.2) is 15.0 Å². The molecular weight excluding hydrogens is 222 g/mol. The van der Waals surface area contributed by atoms with Crippen molar-refractivity contribution >= 4 is 0 Å². The molecule has 18 heavy (non-hydrogen) atoms. The molecule has 0 fully saturated rings. The molecule has 2 rings (SSSR count). The number of aromatic nitrogens is 3. The van der Waals surface area contributed by atoms with E-state index in [1.165, 1.54) is 11.1 Å². The fourth-order valence-electron chi connectivity index (χ4n) is 2.07. The van der Waals surface area contributed by atoms with Gasteiger partial charge in [0.05, 0.1) is 11.7 Å². The van der Waals surface area contributed by atoms with Crippen molar-refractivity contribution in [2.45, 2.75) is 46.1 Å². The predicted octanol–water partition coefficient (Wildman–Crippen LogP) is 3.71. The average Bonchev–Trinajstić information content (AvgIpc) is 2.82. The molecule has 0 bridgehead atoms. The molecule has 0 aliphatic rings. The van der Waals surface area contributed by atoms with Crippen LogP contribution in [0.4, 0.5) is 0 Å². The third-order valence-electron chi connectivity index (χ3n) is 3.29. The second kappa shape index (κ2) is 5.34. The minimum Gasteiger partial charge on any atom is -0.245 e. The van der Waals surface area contributed by atoms with Crippen LogP contribution < -0.4 is 0 Å². The summed E-state index contributed by atoms with van der Waals surface area (Å²) in [5.41, 5.74) is 3.64. The first-order valence-corrected chi connectivity index (χ1v) is 6.60. The van der Waals surface area contributed by atoms with E-state index in [1.807, 2.05) is 4.68 Å². The van der Waals surface area contributed by atoms with Crippen molar-refractivity contribution in [3.05, 3.63) is 47.3 Å². The summed E-state index contributed by atoms with van der Waals surface area (Å²) in [7, 11) is 0. The fraction of sp³-hybridized carbons (Fsp3) is 0.467. The molecule has 0 aliphatic carbocycles. The van der Waals surface area contributed by atoms with Crippen molar-refractivity contribution in [1.82, 2.24) is 15.0 Å². The van der Waals surface area contributed by atoms with Gasteiger partial charge in [-0.1, -0.05) is 55.8 Å². The lowest BCUT2D eigenvalue weighted by Gasteiger charge is -2.15. The summed E-state index contributed by atoms with van der Waals surface area (Å²) in [6.45, 7) is 8.57. The Hall–Kier alpha value is -1.64. The molecule has 0 aliphatic heterocycles. The van der Waals surface area contributed by atoms with Gasteiger partial charge in [0.25, 0.3) is 0 Å². The largest absolute Gasteiger partial charge is 0.245 e. The minimum atomic E-state index is 0.283. The summed E-state index contributed by atoms with van der Waals surface area (Å²) >= 11 is 0. The van der Waals surface area contributed by atoms with Crippen molar-refractivity contribution in [2.24, 2.45) is 0 Å². The van der Waals surface area contributed by atoms with Crippen LogP contribution in [0.3, 0.4) is 0 Å². The first-order valence-electron chi connectivity index (χ1n) is 6.60. The Balaban J connectivity index is 2.29. The molecular formula is C15H21N3. The Kier molecular flexibility index (Phi) is 3.80. The van der Waals surface area contributed by atoms with Gasteiger partial charge >= 0.3 is 0 Å². The highest BCUT2D eigenvalue weighted by molar-refractivity contribution is 5.24. The van der Waals surface area contributed by atoms with Crippen LogP contribution in [0.2, 0.25) is 0 Å². The van der Waals surface area contributed by atoms with Crippen LogP contribution in [0.1, 0.15) is 56.0 Å². The zero-order valence-electron chi connectivity index (χ0n) is 11.6. The molecule has 1 unspecified atom stereocenters. The van der Waals surface area contributed by atoms with E-state index >= 15 is 0 Å². The number of aryl methyl sites for hydroxylation is 1. The first-order chi connectivity index (χ1) is 8.61. The Bertz CT molecular complexity index is 497. The van der Waals surface area contributed by atoms with E-state index in [2.05, 4.69) is 68.5 Å². The minimum absolute atomic E-state index is 0.283. The third-order valence-corrected chi connectivity index (χ3v) is 3.29. The molecule has 0 saturated carbocycles. The molecule has 0 radical (unpaired) electrons. The Labute approximate surface area is 109 Å². The van der Waals surface area contributed by atoms with E-state index in [0.717, 1.165) is 12.1 Å². The van der Waals surface area contributed by atoms with E-state index in [-0.39, 0.29) is 6.04 Å². The van der Waals surface area contributed by atoms with Gasteiger partial charge < -0.3 is 0 Å². The van der Waals surface area contributed by atoms with Crippen LogP contribution in [0.25, 0.3) is 0 Å². The van der Waals surface area contributed by atoms with Crippen LogP contribution in [0.5, 0.6) is 0 Å². The van der Waals surface area contributed by atoms with Crippen molar-refractivity contribution in [3.63, 3.8) is 0 Å². The van der Waals surface area contributed by atoms with Gasteiger partial charge in [0, 0.05) is 6.20 Å². The topological polar surface area (TPSA) is 30.7 Å². The monoisotopic (exact) mass is 243 g/mol. The van der Waals surface area contributed by atoms with Crippen LogP contribution in [0, 0.1) is 6.92 Å². The van der Waals surface area contributed by atoms with Gasteiger partial charge in [-0.3, -0.25) is 0 Å². The molecule has 1 aromatic carbocycles. The standard InChI is InChI=1S/C15H21N3/c1-5-15(13-8-6-12(4)7-9-13)18-10-14(11(2)3)16-17-18/h6-11,15H,5H2,1-4H3. The first kappa shape index (κ1) is 12.8. The maximum atomic E-state index is 4.27. The normalized spacial score (nSPS) is 12.9. The highest BCUT2D eigenvalue weighted by atomic mass is 15.4. The lowest BCUT2D eigenvalue weighted by atomic mass is 10.0. The molecule has 3 heteroatoms. The van der Waals surface area contributed by atoms with E-state index < -0.39 is 0 Å². The van der Waals surface area contributed by atoms with Gasteiger partial charge in [-0.05, 0) is 24.8 Å². The fourth-order valence-corrected chi connectivity index (χ4v) is 2.07. The van der Waals surface area contributed by atoms with Gasteiger partial charge in [0.15, 0.2) is 0 Å². The molecule has 2 aromatic rings. The molecule has 3 nitrogen and oxygen atoms in total. The number of hydrogen-bond acceptors (Lipinski definition) is 2. The van der Waals surface area contributed by atoms with Crippen molar-refractivity contribution in [1.29, 1.82) is 0 Å². The zero-order chi connectivity index (χ0) is 13.1. The molecule has 0 saturated heterocycles. The third kappa shape index (κ3) is 2.61. The van der Waals surface area contributed by atoms with E-state index in [4.69, 9.17) is 0 Å². The maximum Gasteiger partial charge on any atom is 0.0852 e. The highest BCUT2D eigenvalue weighted by Crippen LogP contribution is 2.22. The molecule has 96 valence electrons. The number of nitrogens with zero attached hydrogens (tertiary/aromatic N) is 3. The number of rotatable bonds is 4. The summed E-state index contributed by atoms with van der Waals surface area (Å²) in [5, 5.41) is 8.51. The maximum absolute atomic E-state index is 4.27. The van der Waals surface area contributed by atoms with Crippen LogP contribution in [0.15, 0.2) is 30.5 Å². The average molecular weight is 243 g/mol. The molecule has 1 heterocycles. The van der Waals surface area contributed by atoms with Crippen LogP contribution >= 0.6 is 0 Å². The van der Waals surface area contributed by atoms with Gasteiger partial charge in [0.2, 0.25) is 0 Å². The van der Waals surface area contributed by atoms with Crippen molar-refractivity contribution < 1.29 is 0 Å². The summed E-state index contributed by atoms with van der Waals surface area (Å²) in [6, 6.07) is 8.95. The second-order valence-electron chi connectivity index (χ2n) is 5.11. The Morgan fingerprint density at radius 2 is 1.83 bits per heavy atom. The van der Waals surface area contributed by atoms with Crippen molar-refractivity contribution in [2.75, 3.05) is 0 Å². The van der Waals surface area contributed by atoms with E-state index in [0.29, 0.717) is 5.92 Å². The summed E-state index contributed by atoms with van der Waals surface area (Å²) < 4.78 is 1.99. The highest BCUT2D eigenvalue weighted by Gasteiger charge is 2.14. The molecule has 0 N–H and O–H groups in total. The molecule has 0 amide bonds. The molecule has 0 spiro atoms. The lowest BCUT2D eigenvalue weighted by Crippen LogP contribution is -2.10. The predicted molar refractivity (Wildman–Crippen MR) is 73.7 cm³/mol. The van der Waals surface area contributed by atoms with Gasteiger partial charge in [-0.2, -0.15) is 0 Å². The van der Waals surface area contributed by atoms with Gasteiger partial charge in [-0.15, -0.1) is 5.10 Å². The molecule has 1 atom stereocenters. The Morgan fingerprint density at radius 3 is 2.33 bits per heavy atom. The smallest absolute Gasteiger partial charge is 0.0852 e. The summed E-state index contributed by atoms with van der Waals surface area (Å²) in [5.74, 6) is 0.425. The Morgan fingerprint density at radius 1 is 1.17 bits per heavy atom. The van der Waals surface area contributed by atoms with Crippen molar-refractivity contribution in [3.8, 4) is 0 Å². The summed E-state index contributed by atoms with van der Waals surface area (Å²) in [6.07, 6.45) is 3.09. The molecule has 1 aromatic heterocycles. The second-order valence-corrected chi connectivity index (χ2v) is 5.11. The van der Waals surface area contributed by atoms with E-state index in [1.54, 1.807) is 0 Å². The van der Waals surface area contributed by atoms with Gasteiger partial charge in [0.1, 0.15) is 0 Å². The lowest BCUT2D eigenvalue weighted by molar-refractivity contribution is 0.493. The van der Waals surface area contributed by atoms with Crippen LogP contribution in [-0.2, 0) is 0 Å². The quantitative estimate of drug-likeness (QED) is 0.819.